The molecule has 0 saturated carbocycles. The highest BCUT2D eigenvalue weighted by atomic mass is 15.0. The van der Waals surface area contributed by atoms with Crippen molar-refractivity contribution in [1.82, 2.24) is 15.0 Å². The van der Waals surface area contributed by atoms with Crippen LogP contribution in [0, 0.1) is 11.3 Å². The Kier molecular flexibility index (Phi) is 10.1. The third kappa shape index (κ3) is 8.47. The van der Waals surface area contributed by atoms with Crippen LogP contribution in [0.15, 0.2) is 139 Å². The van der Waals surface area contributed by atoms with Crippen molar-refractivity contribution in [2.45, 2.75) is 86.5 Å². The quantitative estimate of drug-likeness (QED) is 0.172. The van der Waals surface area contributed by atoms with Crippen molar-refractivity contribution >= 4 is 5.57 Å². The van der Waals surface area contributed by atoms with Gasteiger partial charge in [-0.1, -0.05) is 208 Å². The summed E-state index contributed by atoms with van der Waals surface area (Å²) in [7, 11) is 0. The lowest BCUT2D eigenvalue weighted by Gasteiger charge is -2.31. The van der Waals surface area contributed by atoms with E-state index in [1.54, 1.807) is 0 Å². The molecule has 278 valence electrons. The van der Waals surface area contributed by atoms with E-state index in [9.17, 15) is 0 Å². The number of rotatable bonds is 6. The number of aromatic nitrogens is 3. The molecule has 1 heterocycles. The first kappa shape index (κ1) is 37.9. The van der Waals surface area contributed by atoms with E-state index >= 15 is 0 Å². The van der Waals surface area contributed by atoms with Crippen LogP contribution in [0.3, 0.4) is 0 Å². The normalized spacial score (nSPS) is 15.1. The molecule has 7 rings (SSSR count). The van der Waals surface area contributed by atoms with Crippen molar-refractivity contribution < 1.29 is 0 Å². The second-order valence-corrected chi connectivity index (χ2v) is 18.4. The fourth-order valence-electron chi connectivity index (χ4n) is 7.61. The Morgan fingerprint density at radius 3 is 0.945 bits per heavy atom. The molecule has 0 fully saturated rings. The van der Waals surface area contributed by atoms with Crippen LogP contribution in [-0.4, -0.2) is 15.0 Å². The lowest BCUT2D eigenvalue weighted by atomic mass is 9.74. The smallest absolute Gasteiger partial charge is 0.164 e. The number of nitrogens with zero attached hydrogens (tertiary/aromatic N) is 3. The van der Waals surface area contributed by atoms with Gasteiger partial charge in [-0.3, -0.25) is 0 Å². The van der Waals surface area contributed by atoms with Crippen LogP contribution in [-0.2, 0) is 10.8 Å². The predicted octanol–water partition coefficient (Wildman–Crippen LogP) is 14.2. The van der Waals surface area contributed by atoms with Gasteiger partial charge in [0.1, 0.15) is 0 Å². The fourth-order valence-corrected chi connectivity index (χ4v) is 7.61. The van der Waals surface area contributed by atoms with E-state index in [4.69, 9.17) is 15.0 Å². The van der Waals surface area contributed by atoms with Crippen molar-refractivity contribution in [1.29, 1.82) is 0 Å². The maximum absolute atomic E-state index is 5.08. The molecular weight excluding hydrogens is 667 g/mol. The zero-order chi connectivity index (χ0) is 39.1. The second kappa shape index (κ2) is 14.7. The minimum atomic E-state index is 0.119. The molecular formula is C52H55N3. The molecule has 1 aliphatic carbocycles. The van der Waals surface area contributed by atoms with Crippen LogP contribution in [0.4, 0.5) is 0 Å². The molecule has 1 atom stereocenters. The van der Waals surface area contributed by atoms with E-state index in [0.717, 1.165) is 34.2 Å². The van der Waals surface area contributed by atoms with E-state index in [-0.39, 0.29) is 16.2 Å². The molecule has 0 N–H and O–H groups in total. The van der Waals surface area contributed by atoms with Gasteiger partial charge in [0.05, 0.1) is 0 Å². The van der Waals surface area contributed by atoms with Gasteiger partial charge in [-0.15, -0.1) is 0 Å². The molecule has 3 heteroatoms. The van der Waals surface area contributed by atoms with Crippen LogP contribution < -0.4 is 0 Å². The zero-order valence-electron chi connectivity index (χ0n) is 34.3. The van der Waals surface area contributed by atoms with Gasteiger partial charge in [0.2, 0.25) is 0 Å². The summed E-state index contributed by atoms with van der Waals surface area (Å²) in [6.07, 6.45) is 5.68. The molecule has 1 unspecified atom stereocenters. The average molecular weight is 722 g/mol. The van der Waals surface area contributed by atoms with Crippen molar-refractivity contribution in [3.05, 3.63) is 156 Å². The summed E-state index contributed by atoms with van der Waals surface area (Å²) in [6, 6.07) is 43.7. The first-order valence-corrected chi connectivity index (χ1v) is 19.7. The van der Waals surface area contributed by atoms with Crippen LogP contribution in [0.1, 0.15) is 92.3 Å². The molecule has 0 amide bonds. The molecule has 0 radical (unpaired) electrons. The van der Waals surface area contributed by atoms with Gasteiger partial charge in [0, 0.05) is 16.7 Å². The van der Waals surface area contributed by atoms with Crippen LogP contribution >= 0.6 is 0 Å². The summed E-state index contributed by atoms with van der Waals surface area (Å²) < 4.78 is 0. The summed E-state index contributed by atoms with van der Waals surface area (Å²) in [5.74, 6) is 2.49. The van der Waals surface area contributed by atoms with Crippen molar-refractivity contribution in [3.63, 3.8) is 0 Å². The summed E-state index contributed by atoms with van der Waals surface area (Å²) >= 11 is 0. The number of hydrogen-bond donors (Lipinski definition) is 0. The van der Waals surface area contributed by atoms with Gasteiger partial charge < -0.3 is 0 Å². The van der Waals surface area contributed by atoms with Gasteiger partial charge in [-0.2, -0.15) is 0 Å². The zero-order valence-corrected chi connectivity index (χ0v) is 34.3. The maximum atomic E-state index is 5.08. The molecule has 0 spiro atoms. The first-order valence-electron chi connectivity index (χ1n) is 19.7. The Bertz CT molecular complexity index is 2220. The average Bonchev–Trinajstić information content (AvgIpc) is 3.17. The Hall–Kier alpha value is -5.41. The van der Waals surface area contributed by atoms with Crippen LogP contribution in [0.5, 0.6) is 0 Å². The van der Waals surface area contributed by atoms with Crippen LogP contribution in [0.2, 0.25) is 0 Å². The molecule has 0 saturated heterocycles. The van der Waals surface area contributed by atoms with E-state index < -0.39 is 0 Å². The lowest BCUT2D eigenvalue weighted by molar-refractivity contribution is 0.435. The summed E-state index contributed by atoms with van der Waals surface area (Å²) in [6.45, 7) is 22.7. The molecule has 0 aliphatic heterocycles. The third-order valence-electron chi connectivity index (χ3n) is 11.0. The van der Waals surface area contributed by atoms with Crippen LogP contribution in [0.25, 0.3) is 62.0 Å². The standard InChI is InChI=1S/C52H55N3/c1-34-33-43(27-32-46(34)52(8,9)10)39-15-21-42(22-16-39)49-54-47(40-17-11-35(12-18-40)37-23-28-44(29-24-37)50(2,3)4)53-48(55-49)41-19-13-36(14-20-41)38-25-30-45(31-26-38)51(5,6)7/h11-32,34H,33H2,1-10H3. The van der Waals surface area contributed by atoms with E-state index in [1.165, 1.54) is 39.0 Å². The number of benzene rings is 5. The van der Waals surface area contributed by atoms with Crippen molar-refractivity contribution in [2.75, 3.05) is 0 Å². The van der Waals surface area contributed by atoms with Gasteiger partial charge in [0.25, 0.3) is 0 Å². The van der Waals surface area contributed by atoms with Gasteiger partial charge in [-0.05, 0) is 73.1 Å². The molecule has 6 aromatic rings. The second-order valence-electron chi connectivity index (χ2n) is 18.4. The van der Waals surface area contributed by atoms with Crippen molar-refractivity contribution in [2.24, 2.45) is 11.3 Å². The van der Waals surface area contributed by atoms with Crippen molar-refractivity contribution in [3.8, 4) is 56.4 Å². The summed E-state index contributed by atoms with van der Waals surface area (Å²) in [4.78, 5) is 15.2. The number of hydrogen-bond acceptors (Lipinski definition) is 3. The first-order chi connectivity index (χ1) is 26.0. The van der Waals surface area contributed by atoms with E-state index in [1.807, 2.05) is 0 Å². The molecule has 5 aromatic carbocycles. The van der Waals surface area contributed by atoms with E-state index in [0.29, 0.717) is 23.4 Å². The molecule has 1 aliphatic rings. The Balaban J connectivity index is 1.23. The molecule has 3 nitrogen and oxygen atoms in total. The van der Waals surface area contributed by atoms with Gasteiger partial charge in [-0.25, -0.2) is 15.0 Å². The molecule has 55 heavy (non-hydrogen) atoms. The topological polar surface area (TPSA) is 38.7 Å². The maximum Gasteiger partial charge on any atom is 0.164 e. The molecule has 0 bridgehead atoms. The lowest BCUT2D eigenvalue weighted by Crippen LogP contribution is -2.18. The Labute approximate surface area is 329 Å². The highest BCUT2D eigenvalue weighted by molar-refractivity contribution is 5.74. The minimum Gasteiger partial charge on any atom is -0.208 e. The highest BCUT2D eigenvalue weighted by Crippen LogP contribution is 2.40. The summed E-state index contributed by atoms with van der Waals surface area (Å²) in [5.41, 5.74) is 14.8. The minimum absolute atomic E-state index is 0.119. The largest absolute Gasteiger partial charge is 0.208 e. The Morgan fingerprint density at radius 1 is 0.364 bits per heavy atom. The predicted molar refractivity (Wildman–Crippen MR) is 234 cm³/mol. The van der Waals surface area contributed by atoms with Gasteiger partial charge in [0.15, 0.2) is 17.5 Å². The number of allylic oxidation sites excluding steroid dienone is 4. The van der Waals surface area contributed by atoms with E-state index in [2.05, 4.69) is 203 Å². The SMILES string of the molecule is CC1CC(c2ccc(-c3nc(-c4ccc(-c5ccc(C(C)(C)C)cc5)cc4)nc(-c4ccc(-c5ccc(C(C)(C)C)cc5)cc4)n3)cc2)=CC=C1C(C)(C)C. The highest BCUT2D eigenvalue weighted by Gasteiger charge is 2.25. The third-order valence-corrected chi connectivity index (χ3v) is 11.0. The van der Waals surface area contributed by atoms with Gasteiger partial charge >= 0.3 is 0 Å². The Morgan fingerprint density at radius 2 is 0.655 bits per heavy atom. The monoisotopic (exact) mass is 721 g/mol. The fraction of sp³-hybridized carbons (Fsp3) is 0.288. The molecule has 1 aromatic heterocycles. The summed E-state index contributed by atoms with van der Waals surface area (Å²) in [5, 5.41) is 0.